The highest BCUT2D eigenvalue weighted by atomic mass is 32.1. The molecule has 4 aromatic rings. The van der Waals surface area contributed by atoms with Crippen molar-refractivity contribution in [3.05, 3.63) is 71.6 Å². The number of hydrogen-bond donors (Lipinski definition) is 1. The first-order valence-corrected chi connectivity index (χ1v) is 12.3. The lowest BCUT2D eigenvalue weighted by Crippen LogP contribution is -2.45. The third-order valence-corrected chi connectivity index (χ3v) is 8.04. The molecule has 8 heteroatoms. The van der Waals surface area contributed by atoms with Gasteiger partial charge in [-0.2, -0.15) is 0 Å². The largest absolute Gasteiger partial charge is 0.464 e. The number of aryl methyl sites for hydroxylation is 2. The second-order valence-electron chi connectivity index (χ2n) is 9.67. The van der Waals surface area contributed by atoms with Crippen LogP contribution < -0.4 is 5.32 Å². The minimum absolute atomic E-state index is 0.0928. The summed E-state index contributed by atoms with van der Waals surface area (Å²) >= 11 is 5.87. The summed E-state index contributed by atoms with van der Waals surface area (Å²) in [5.41, 5.74) is 4.23. The van der Waals surface area contributed by atoms with Crippen molar-refractivity contribution in [1.82, 2.24) is 19.9 Å². The topological polar surface area (TPSA) is 67.1 Å². The number of hydrogen-bond acceptors (Lipinski definition) is 6. The average molecular weight is 488 g/mol. The number of nitrogens with one attached hydrogen (secondary N) is 1. The first-order chi connectivity index (χ1) is 16.9. The smallest absolute Gasteiger partial charge is 0.160 e. The minimum Gasteiger partial charge on any atom is -0.464 e. The molecular weight excluding hydrogens is 461 g/mol. The molecule has 0 radical (unpaired) electrons. The first-order valence-electron chi connectivity index (χ1n) is 11.9. The Morgan fingerprint density at radius 3 is 2.89 bits per heavy atom. The number of fused-ring (bicyclic) bond motifs is 2. The number of benzene rings is 1. The summed E-state index contributed by atoms with van der Waals surface area (Å²) in [6, 6.07) is 9.06. The zero-order valence-electron chi connectivity index (χ0n) is 19.7. The monoisotopic (exact) mass is 487 g/mol. The van der Waals surface area contributed by atoms with Crippen molar-refractivity contribution < 1.29 is 8.81 Å². The first kappa shape index (κ1) is 22.1. The predicted molar refractivity (Wildman–Crippen MR) is 138 cm³/mol. The summed E-state index contributed by atoms with van der Waals surface area (Å²) in [5.74, 6) is 1.17. The number of likely N-dealkylation sites (tertiary alicyclic amines) is 1. The van der Waals surface area contributed by atoms with Gasteiger partial charge in [0.15, 0.2) is 5.82 Å². The van der Waals surface area contributed by atoms with E-state index < -0.39 is 0 Å². The number of rotatable bonds is 3. The van der Waals surface area contributed by atoms with Gasteiger partial charge in [-0.15, -0.1) is 0 Å². The van der Waals surface area contributed by atoms with Crippen molar-refractivity contribution in [2.24, 2.45) is 0 Å². The van der Waals surface area contributed by atoms with E-state index in [-0.39, 0.29) is 17.3 Å². The van der Waals surface area contributed by atoms with Gasteiger partial charge in [0.1, 0.15) is 17.2 Å². The van der Waals surface area contributed by atoms with Crippen molar-refractivity contribution in [2.75, 3.05) is 18.4 Å². The average Bonchev–Trinajstić information content (AvgIpc) is 3.49. The molecule has 5 heterocycles. The second kappa shape index (κ2) is 8.37. The van der Waals surface area contributed by atoms with Gasteiger partial charge in [0, 0.05) is 47.9 Å². The highest BCUT2D eigenvalue weighted by Crippen LogP contribution is 2.39. The van der Waals surface area contributed by atoms with Crippen LogP contribution >= 0.6 is 12.2 Å². The van der Waals surface area contributed by atoms with Crippen LogP contribution in [0.15, 0.2) is 53.4 Å². The molecule has 1 aromatic carbocycles. The Bertz CT molecular complexity index is 1440. The predicted octanol–water partition coefficient (Wildman–Crippen LogP) is 5.67. The number of thiocarbonyl (C=S) groups is 1. The molecule has 6 nitrogen and oxygen atoms in total. The van der Waals surface area contributed by atoms with Crippen molar-refractivity contribution in [1.29, 1.82) is 0 Å². The van der Waals surface area contributed by atoms with Crippen LogP contribution in [0.25, 0.3) is 22.4 Å². The summed E-state index contributed by atoms with van der Waals surface area (Å²) in [6.45, 7) is 5.59. The number of anilines is 1. The van der Waals surface area contributed by atoms with Crippen LogP contribution in [0.5, 0.6) is 0 Å². The van der Waals surface area contributed by atoms with E-state index in [1.165, 1.54) is 11.6 Å². The van der Waals surface area contributed by atoms with Crippen molar-refractivity contribution in [3.8, 4) is 11.4 Å². The number of halogens is 1. The zero-order valence-corrected chi connectivity index (χ0v) is 20.5. The Labute approximate surface area is 208 Å². The summed E-state index contributed by atoms with van der Waals surface area (Å²) in [5, 5.41) is 4.51. The third kappa shape index (κ3) is 3.86. The van der Waals surface area contributed by atoms with Crippen LogP contribution in [0, 0.1) is 12.7 Å². The van der Waals surface area contributed by atoms with Crippen molar-refractivity contribution in [3.63, 3.8) is 0 Å². The molecule has 2 atom stereocenters. The van der Waals surface area contributed by atoms with E-state index in [0.29, 0.717) is 17.0 Å². The normalized spacial score (nSPS) is 20.1. The van der Waals surface area contributed by atoms with Gasteiger partial charge in [-0.3, -0.25) is 0 Å². The maximum absolute atomic E-state index is 14.9. The fourth-order valence-electron chi connectivity index (χ4n) is 5.40. The van der Waals surface area contributed by atoms with E-state index in [1.54, 1.807) is 30.8 Å². The molecule has 6 rings (SSSR count). The quantitative estimate of drug-likeness (QED) is 0.374. The maximum Gasteiger partial charge on any atom is 0.160 e. The van der Waals surface area contributed by atoms with E-state index in [0.717, 1.165) is 59.8 Å². The lowest BCUT2D eigenvalue weighted by Gasteiger charge is -2.37. The summed E-state index contributed by atoms with van der Waals surface area (Å²) in [6.07, 6.45) is 7.96. The van der Waals surface area contributed by atoms with Crippen LogP contribution in [-0.2, 0) is 6.42 Å². The number of furan rings is 1. The molecular formula is C27H26FN5OS. The van der Waals surface area contributed by atoms with Crippen molar-refractivity contribution in [2.45, 2.75) is 44.6 Å². The van der Waals surface area contributed by atoms with E-state index in [4.69, 9.17) is 21.6 Å². The van der Waals surface area contributed by atoms with Crippen LogP contribution in [0.3, 0.4) is 0 Å². The number of nitrogens with zero attached hydrogens (tertiary/aromatic N) is 4. The molecule has 1 saturated heterocycles. The molecule has 1 spiro atoms. The van der Waals surface area contributed by atoms with E-state index in [9.17, 15) is 4.39 Å². The van der Waals surface area contributed by atoms with Crippen LogP contribution in [-0.4, -0.2) is 43.5 Å². The highest BCUT2D eigenvalue weighted by Gasteiger charge is 2.42. The molecule has 2 aliphatic rings. The Morgan fingerprint density at radius 1 is 1.23 bits per heavy atom. The van der Waals surface area contributed by atoms with E-state index in [1.807, 2.05) is 19.9 Å². The number of pyridine rings is 1. The van der Waals surface area contributed by atoms with Crippen molar-refractivity contribution >= 4 is 34.0 Å². The van der Waals surface area contributed by atoms with E-state index >= 15 is 0 Å². The molecule has 0 bridgehead atoms. The standard InChI is InChI=1S/C27H26FN5OS/c1-16(20-14-23-18(5-11-34-23)13-22(20)28)26(35)33-10-7-27(15-33)6-4-19-12-21(17(2)31-24(19)32-27)25-29-8-3-9-30-25/h3,5,8-9,11-14,16H,4,6-7,10,15H2,1-2H3,(H,31,32)/t16?,27-/m0/s1. The van der Waals surface area contributed by atoms with Gasteiger partial charge in [0.2, 0.25) is 0 Å². The fourth-order valence-corrected chi connectivity index (χ4v) is 5.68. The molecule has 178 valence electrons. The van der Waals surface area contributed by atoms with Crippen LogP contribution in [0.4, 0.5) is 10.2 Å². The Hall–Kier alpha value is -3.39. The molecule has 0 aliphatic carbocycles. The molecule has 35 heavy (non-hydrogen) atoms. The van der Waals surface area contributed by atoms with Gasteiger partial charge in [-0.25, -0.2) is 19.3 Å². The Kier molecular flexibility index (Phi) is 5.29. The third-order valence-electron chi connectivity index (χ3n) is 7.43. The molecule has 3 aromatic heterocycles. The molecule has 2 aliphatic heterocycles. The van der Waals surface area contributed by atoms with Gasteiger partial charge in [-0.1, -0.05) is 19.1 Å². The zero-order chi connectivity index (χ0) is 24.2. The number of aromatic nitrogens is 3. The van der Waals surface area contributed by atoms with Crippen LogP contribution in [0.2, 0.25) is 0 Å². The van der Waals surface area contributed by atoms with Crippen LogP contribution in [0.1, 0.15) is 42.5 Å². The SMILES string of the molecule is Cc1nc2c(cc1-c1ncccn1)CC[C@@]1(CCN(C(=S)C(C)c3cc4occc4cc3F)C1)N2. The van der Waals surface area contributed by atoms with Gasteiger partial charge in [-0.05, 0) is 62.1 Å². The van der Waals surface area contributed by atoms with Gasteiger partial charge < -0.3 is 14.6 Å². The fraction of sp³-hybridized carbons (Fsp3) is 0.333. The molecule has 0 saturated carbocycles. The second-order valence-corrected chi connectivity index (χ2v) is 10.1. The molecule has 1 N–H and O–H groups in total. The Morgan fingerprint density at radius 2 is 2.06 bits per heavy atom. The maximum atomic E-state index is 14.9. The summed E-state index contributed by atoms with van der Waals surface area (Å²) in [4.78, 5) is 16.7. The Balaban J connectivity index is 1.21. The summed E-state index contributed by atoms with van der Waals surface area (Å²) in [7, 11) is 0. The minimum atomic E-state index is -0.245. The molecule has 1 fully saturated rings. The van der Waals surface area contributed by atoms with Gasteiger partial charge in [0.05, 0.1) is 22.5 Å². The van der Waals surface area contributed by atoms with Gasteiger partial charge in [0.25, 0.3) is 0 Å². The lowest BCUT2D eigenvalue weighted by atomic mass is 9.86. The molecule has 0 amide bonds. The summed E-state index contributed by atoms with van der Waals surface area (Å²) < 4.78 is 20.3. The highest BCUT2D eigenvalue weighted by molar-refractivity contribution is 7.80. The molecule has 1 unspecified atom stereocenters. The lowest BCUT2D eigenvalue weighted by molar-refractivity contribution is 0.412. The van der Waals surface area contributed by atoms with E-state index in [2.05, 4.69) is 26.3 Å². The van der Waals surface area contributed by atoms with Gasteiger partial charge >= 0.3 is 0 Å².